The number of hydrogen-bond donors (Lipinski definition) is 3. The molecule has 0 fully saturated rings. The second kappa shape index (κ2) is 5.40. The van der Waals surface area contributed by atoms with Crippen LogP contribution in [0.2, 0.25) is 5.02 Å². The standard InChI is InChI=1S/C12H13ClN2OS/c13-10-5-9(14)1-2-11(10)15-6-12(16)8-3-4-17-7-8/h1-5,7,12,15-16H,6,14H2. The Hall–Kier alpha value is -1.23. The minimum absolute atomic E-state index is 0.417. The smallest absolute Gasteiger partial charge is 0.0970 e. The maximum absolute atomic E-state index is 9.89. The van der Waals surface area contributed by atoms with Gasteiger partial charge in [0.05, 0.1) is 16.8 Å². The van der Waals surface area contributed by atoms with Gasteiger partial charge < -0.3 is 16.2 Å². The minimum Gasteiger partial charge on any atom is -0.399 e. The number of rotatable bonds is 4. The first-order chi connectivity index (χ1) is 8.16. The van der Waals surface area contributed by atoms with E-state index in [2.05, 4.69) is 5.32 Å². The number of anilines is 2. The number of aliphatic hydroxyl groups excluding tert-OH is 1. The molecule has 1 unspecified atom stereocenters. The molecular formula is C12H13ClN2OS. The zero-order chi connectivity index (χ0) is 12.3. The number of aliphatic hydroxyl groups is 1. The molecule has 0 aliphatic rings. The van der Waals surface area contributed by atoms with Crippen LogP contribution in [0, 0.1) is 0 Å². The van der Waals surface area contributed by atoms with Crippen molar-refractivity contribution in [2.45, 2.75) is 6.10 Å². The Balaban J connectivity index is 1.98. The van der Waals surface area contributed by atoms with E-state index >= 15 is 0 Å². The number of thiophene rings is 1. The lowest BCUT2D eigenvalue weighted by Crippen LogP contribution is -2.11. The van der Waals surface area contributed by atoms with Crippen LogP contribution < -0.4 is 11.1 Å². The fourth-order valence-electron chi connectivity index (χ4n) is 1.46. The third-order valence-electron chi connectivity index (χ3n) is 2.41. The first-order valence-electron chi connectivity index (χ1n) is 5.16. The molecule has 0 aliphatic heterocycles. The quantitative estimate of drug-likeness (QED) is 0.747. The third-order valence-corrected chi connectivity index (χ3v) is 3.42. The molecule has 4 N–H and O–H groups in total. The predicted octanol–water partition coefficient (Wildman–Crippen LogP) is 3.13. The van der Waals surface area contributed by atoms with Gasteiger partial charge in [0.15, 0.2) is 0 Å². The normalized spacial score (nSPS) is 12.4. The van der Waals surface area contributed by atoms with Crippen LogP contribution >= 0.6 is 22.9 Å². The molecule has 0 saturated carbocycles. The molecule has 0 bridgehead atoms. The summed E-state index contributed by atoms with van der Waals surface area (Å²) in [6.45, 7) is 0.417. The summed E-state index contributed by atoms with van der Waals surface area (Å²) >= 11 is 7.58. The third kappa shape index (κ3) is 3.12. The van der Waals surface area contributed by atoms with Crippen LogP contribution in [0.4, 0.5) is 11.4 Å². The molecule has 0 aliphatic carbocycles. The predicted molar refractivity (Wildman–Crippen MR) is 73.6 cm³/mol. The van der Waals surface area contributed by atoms with Gasteiger partial charge in [-0.15, -0.1) is 0 Å². The Labute approximate surface area is 109 Å². The van der Waals surface area contributed by atoms with E-state index in [4.69, 9.17) is 17.3 Å². The summed E-state index contributed by atoms with van der Waals surface area (Å²) in [7, 11) is 0. The summed E-state index contributed by atoms with van der Waals surface area (Å²) in [6, 6.07) is 7.16. The number of benzene rings is 1. The maximum Gasteiger partial charge on any atom is 0.0970 e. The van der Waals surface area contributed by atoms with Crippen LogP contribution in [0.25, 0.3) is 0 Å². The number of halogens is 1. The van der Waals surface area contributed by atoms with Crippen molar-refractivity contribution in [2.24, 2.45) is 0 Å². The molecular weight excluding hydrogens is 256 g/mol. The zero-order valence-corrected chi connectivity index (χ0v) is 10.6. The van der Waals surface area contributed by atoms with Crippen molar-refractivity contribution in [1.29, 1.82) is 0 Å². The minimum atomic E-state index is -0.533. The summed E-state index contributed by atoms with van der Waals surface area (Å²) in [4.78, 5) is 0. The molecule has 17 heavy (non-hydrogen) atoms. The lowest BCUT2D eigenvalue weighted by atomic mass is 10.2. The van der Waals surface area contributed by atoms with E-state index in [0.717, 1.165) is 11.3 Å². The molecule has 2 aromatic rings. The molecule has 5 heteroatoms. The van der Waals surface area contributed by atoms with Crippen molar-refractivity contribution < 1.29 is 5.11 Å². The largest absolute Gasteiger partial charge is 0.399 e. The molecule has 1 atom stereocenters. The lowest BCUT2D eigenvalue weighted by Gasteiger charge is -2.13. The van der Waals surface area contributed by atoms with Crippen LogP contribution in [-0.2, 0) is 0 Å². The molecule has 1 aromatic carbocycles. The Bertz CT molecular complexity index is 487. The fourth-order valence-corrected chi connectivity index (χ4v) is 2.43. The van der Waals surface area contributed by atoms with Gasteiger partial charge in [-0.3, -0.25) is 0 Å². The second-order valence-corrected chi connectivity index (χ2v) is 4.88. The zero-order valence-electron chi connectivity index (χ0n) is 9.06. The summed E-state index contributed by atoms with van der Waals surface area (Å²) in [5.74, 6) is 0. The Morgan fingerprint density at radius 1 is 1.41 bits per heavy atom. The summed E-state index contributed by atoms with van der Waals surface area (Å²) in [5, 5.41) is 17.4. The monoisotopic (exact) mass is 268 g/mol. The van der Waals surface area contributed by atoms with Crippen molar-refractivity contribution in [3.8, 4) is 0 Å². The molecule has 0 amide bonds. The van der Waals surface area contributed by atoms with Crippen LogP contribution in [0.5, 0.6) is 0 Å². The van der Waals surface area contributed by atoms with Gasteiger partial charge in [-0.25, -0.2) is 0 Å². The fraction of sp³-hybridized carbons (Fsp3) is 0.167. The van der Waals surface area contributed by atoms with Gasteiger partial charge in [-0.2, -0.15) is 11.3 Å². The average Bonchev–Trinajstić information content (AvgIpc) is 2.81. The molecule has 1 aromatic heterocycles. The lowest BCUT2D eigenvalue weighted by molar-refractivity contribution is 0.192. The van der Waals surface area contributed by atoms with Crippen molar-refractivity contribution in [3.05, 3.63) is 45.6 Å². The van der Waals surface area contributed by atoms with Gasteiger partial charge >= 0.3 is 0 Å². The van der Waals surface area contributed by atoms with Crippen molar-refractivity contribution in [2.75, 3.05) is 17.6 Å². The SMILES string of the molecule is Nc1ccc(NCC(O)c2ccsc2)c(Cl)c1. The van der Waals surface area contributed by atoms with Crippen molar-refractivity contribution in [1.82, 2.24) is 0 Å². The molecule has 0 saturated heterocycles. The van der Waals surface area contributed by atoms with Crippen LogP contribution in [0.1, 0.15) is 11.7 Å². The van der Waals surface area contributed by atoms with E-state index in [1.54, 1.807) is 29.5 Å². The van der Waals surface area contributed by atoms with Crippen LogP contribution in [-0.4, -0.2) is 11.7 Å². The van der Waals surface area contributed by atoms with Crippen LogP contribution in [0.15, 0.2) is 35.0 Å². The van der Waals surface area contributed by atoms with E-state index in [0.29, 0.717) is 17.3 Å². The number of nitrogens with two attached hydrogens (primary N) is 1. The number of hydrogen-bond acceptors (Lipinski definition) is 4. The highest BCUT2D eigenvalue weighted by atomic mass is 35.5. The van der Waals surface area contributed by atoms with Gasteiger partial charge in [-0.05, 0) is 40.6 Å². The van der Waals surface area contributed by atoms with Crippen molar-refractivity contribution in [3.63, 3.8) is 0 Å². The van der Waals surface area contributed by atoms with Gasteiger partial charge in [0.25, 0.3) is 0 Å². The molecule has 1 heterocycles. The van der Waals surface area contributed by atoms with E-state index in [9.17, 15) is 5.11 Å². The highest BCUT2D eigenvalue weighted by molar-refractivity contribution is 7.07. The average molecular weight is 269 g/mol. The first kappa shape index (κ1) is 12.2. The van der Waals surface area contributed by atoms with Gasteiger partial charge in [0.1, 0.15) is 0 Å². The summed E-state index contributed by atoms with van der Waals surface area (Å²) < 4.78 is 0. The Morgan fingerprint density at radius 3 is 2.88 bits per heavy atom. The highest BCUT2D eigenvalue weighted by Gasteiger charge is 2.08. The number of nitrogen functional groups attached to an aromatic ring is 1. The van der Waals surface area contributed by atoms with Gasteiger partial charge in [-0.1, -0.05) is 11.6 Å². The van der Waals surface area contributed by atoms with Gasteiger partial charge in [0, 0.05) is 12.2 Å². The van der Waals surface area contributed by atoms with Crippen molar-refractivity contribution >= 4 is 34.3 Å². The molecule has 0 spiro atoms. The van der Waals surface area contributed by atoms with E-state index < -0.39 is 6.10 Å². The second-order valence-electron chi connectivity index (χ2n) is 3.69. The summed E-state index contributed by atoms with van der Waals surface area (Å²) in [5.41, 5.74) is 7.91. The first-order valence-corrected chi connectivity index (χ1v) is 6.48. The molecule has 0 radical (unpaired) electrons. The Kier molecular flexibility index (Phi) is 3.89. The summed E-state index contributed by atoms with van der Waals surface area (Å²) in [6.07, 6.45) is -0.533. The van der Waals surface area contributed by atoms with E-state index in [1.165, 1.54) is 0 Å². The number of nitrogens with one attached hydrogen (secondary N) is 1. The maximum atomic E-state index is 9.89. The Morgan fingerprint density at radius 2 is 2.24 bits per heavy atom. The molecule has 2 rings (SSSR count). The highest BCUT2D eigenvalue weighted by Crippen LogP contribution is 2.25. The van der Waals surface area contributed by atoms with E-state index in [1.807, 2.05) is 16.8 Å². The molecule has 3 nitrogen and oxygen atoms in total. The topological polar surface area (TPSA) is 58.3 Å². The van der Waals surface area contributed by atoms with E-state index in [-0.39, 0.29) is 0 Å². The van der Waals surface area contributed by atoms with Gasteiger partial charge in [0.2, 0.25) is 0 Å². The molecule has 90 valence electrons. The van der Waals surface area contributed by atoms with Crippen LogP contribution in [0.3, 0.4) is 0 Å².